The summed E-state index contributed by atoms with van der Waals surface area (Å²) in [4.78, 5) is 32.8. The van der Waals surface area contributed by atoms with E-state index < -0.39 is 15.8 Å². The van der Waals surface area contributed by atoms with Crippen molar-refractivity contribution in [3.63, 3.8) is 0 Å². The van der Waals surface area contributed by atoms with Gasteiger partial charge in [0.1, 0.15) is 11.4 Å². The Labute approximate surface area is 146 Å². The number of hydrogen-bond donors (Lipinski definition) is 1. The molecule has 0 radical (unpaired) electrons. The van der Waals surface area contributed by atoms with E-state index in [2.05, 4.69) is 5.32 Å². The highest BCUT2D eigenvalue weighted by molar-refractivity contribution is 6.34. The van der Waals surface area contributed by atoms with Crippen LogP contribution in [0.4, 0.5) is 17.1 Å². The number of halogens is 1. The minimum atomic E-state index is -0.729. The van der Waals surface area contributed by atoms with Gasteiger partial charge in [-0.1, -0.05) is 11.6 Å². The second kappa shape index (κ2) is 7.58. The Hall–Kier alpha value is -3.20. The first-order valence-corrected chi connectivity index (χ1v) is 7.37. The molecule has 0 spiro atoms. The number of nitrogens with one attached hydrogen (secondary N) is 1. The topological polar surface area (TPSA) is 125 Å². The van der Waals surface area contributed by atoms with Gasteiger partial charge in [-0.25, -0.2) is 0 Å². The number of hydrogen-bond acceptors (Lipinski definition) is 6. The molecule has 0 atom stereocenters. The predicted octanol–water partition coefficient (Wildman–Crippen LogP) is 3.81. The van der Waals surface area contributed by atoms with Crippen molar-refractivity contribution in [2.24, 2.45) is 0 Å². The molecule has 25 heavy (non-hydrogen) atoms. The third-order valence-electron chi connectivity index (χ3n) is 3.13. The fraction of sp³-hybridized carbons (Fsp3) is 0.133. The summed E-state index contributed by atoms with van der Waals surface area (Å²) in [6, 6.07) is 7.33. The third-order valence-corrected chi connectivity index (χ3v) is 3.45. The molecule has 2 aromatic rings. The van der Waals surface area contributed by atoms with E-state index in [0.29, 0.717) is 12.4 Å². The molecule has 2 rings (SSSR count). The van der Waals surface area contributed by atoms with E-state index in [1.54, 1.807) is 6.92 Å². The highest BCUT2D eigenvalue weighted by atomic mass is 35.5. The summed E-state index contributed by atoms with van der Waals surface area (Å²) < 4.78 is 5.19. The quantitative estimate of drug-likeness (QED) is 0.613. The summed E-state index contributed by atoms with van der Waals surface area (Å²) in [5, 5.41) is 24.1. The van der Waals surface area contributed by atoms with Gasteiger partial charge in [0.2, 0.25) is 0 Å². The monoisotopic (exact) mass is 365 g/mol. The van der Waals surface area contributed by atoms with Crippen LogP contribution in [0.5, 0.6) is 5.75 Å². The van der Waals surface area contributed by atoms with Crippen LogP contribution in [-0.2, 0) is 0 Å². The summed E-state index contributed by atoms with van der Waals surface area (Å²) in [7, 11) is 0. The van der Waals surface area contributed by atoms with Crippen LogP contribution in [0.1, 0.15) is 17.3 Å². The number of benzene rings is 2. The molecule has 2 aromatic carbocycles. The molecule has 0 fully saturated rings. The molecule has 0 aliphatic heterocycles. The van der Waals surface area contributed by atoms with Crippen molar-refractivity contribution in [1.29, 1.82) is 0 Å². The number of amides is 1. The number of rotatable bonds is 6. The minimum Gasteiger partial charge on any atom is -0.494 e. The van der Waals surface area contributed by atoms with Crippen molar-refractivity contribution in [3.8, 4) is 5.75 Å². The van der Waals surface area contributed by atoms with Crippen molar-refractivity contribution in [2.45, 2.75) is 6.92 Å². The summed E-state index contributed by atoms with van der Waals surface area (Å²) >= 11 is 5.88. The Morgan fingerprint density at radius 2 is 1.88 bits per heavy atom. The molecule has 0 aliphatic rings. The van der Waals surface area contributed by atoms with Crippen molar-refractivity contribution in [1.82, 2.24) is 0 Å². The second-order valence-electron chi connectivity index (χ2n) is 4.74. The van der Waals surface area contributed by atoms with Crippen molar-refractivity contribution >= 4 is 34.6 Å². The highest BCUT2D eigenvalue weighted by Crippen LogP contribution is 2.30. The second-order valence-corrected chi connectivity index (χ2v) is 5.15. The molecule has 9 nitrogen and oxygen atoms in total. The largest absolute Gasteiger partial charge is 0.494 e. The van der Waals surface area contributed by atoms with Crippen LogP contribution in [0.15, 0.2) is 36.4 Å². The van der Waals surface area contributed by atoms with Gasteiger partial charge in [0, 0.05) is 12.1 Å². The molecule has 0 heterocycles. The summed E-state index contributed by atoms with van der Waals surface area (Å²) in [5.41, 5.74) is -0.714. The molecule has 0 saturated carbocycles. The van der Waals surface area contributed by atoms with Crippen molar-refractivity contribution < 1.29 is 19.4 Å². The zero-order valence-corrected chi connectivity index (χ0v) is 13.6. The molecule has 0 aliphatic carbocycles. The van der Waals surface area contributed by atoms with Gasteiger partial charge in [0.05, 0.1) is 33.1 Å². The van der Waals surface area contributed by atoms with E-state index in [9.17, 15) is 25.0 Å². The van der Waals surface area contributed by atoms with Gasteiger partial charge >= 0.3 is 0 Å². The molecule has 1 N–H and O–H groups in total. The lowest BCUT2D eigenvalue weighted by Gasteiger charge is -2.09. The Morgan fingerprint density at radius 1 is 1.16 bits per heavy atom. The van der Waals surface area contributed by atoms with Gasteiger partial charge in [0.25, 0.3) is 17.3 Å². The van der Waals surface area contributed by atoms with E-state index in [1.807, 2.05) is 0 Å². The third kappa shape index (κ3) is 4.21. The van der Waals surface area contributed by atoms with Gasteiger partial charge in [0.15, 0.2) is 0 Å². The molecule has 0 bridgehead atoms. The van der Waals surface area contributed by atoms with E-state index in [4.69, 9.17) is 16.3 Å². The van der Waals surface area contributed by atoms with Crippen LogP contribution < -0.4 is 10.1 Å². The maximum absolute atomic E-state index is 12.3. The zero-order valence-electron chi connectivity index (χ0n) is 12.9. The smallest absolute Gasteiger partial charge is 0.296 e. The van der Waals surface area contributed by atoms with Crippen LogP contribution in [0.25, 0.3) is 0 Å². The van der Waals surface area contributed by atoms with Crippen molar-refractivity contribution in [3.05, 3.63) is 67.2 Å². The van der Waals surface area contributed by atoms with Crippen LogP contribution in [0, 0.1) is 20.2 Å². The molecule has 0 saturated heterocycles. The maximum Gasteiger partial charge on any atom is 0.296 e. The Morgan fingerprint density at radius 3 is 2.44 bits per heavy atom. The molecule has 130 valence electrons. The molecule has 1 amide bonds. The summed E-state index contributed by atoms with van der Waals surface area (Å²) in [6.45, 7) is 2.07. The summed E-state index contributed by atoms with van der Waals surface area (Å²) in [5.74, 6) is -0.437. The maximum atomic E-state index is 12.3. The minimum absolute atomic E-state index is 0.0459. The molecular weight excluding hydrogens is 354 g/mol. The predicted molar refractivity (Wildman–Crippen MR) is 90.3 cm³/mol. The number of non-ortho nitro benzene ring substituents is 1. The highest BCUT2D eigenvalue weighted by Gasteiger charge is 2.20. The van der Waals surface area contributed by atoms with Crippen LogP contribution in [0.3, 0.4) is 0 Å². The Kier molecular flexibility index (Phi) is 5.50. The van der Waals surface area contributed by atoms with Crippen LogP contribution in [0.2, 0.25) is 5.02 Å². The SMILES string of the molecule is CCOc1ccc(NC(=O)c2ccc([N+](=O)[O-])cc2Cl)c([N+](=O)[O-])c1. The number of anilines is 1. The average Bonchev–Trinajstić information content (AvgIpc) is 2.55. The lowest BCUT2D eigenvalue weighted by atomic mass is 10.1. The van der Waals surface area contributed by atoms with Gasteiger partial charge in [-0.15, -0.1) is 0 Å². The van der Waals surface area contributed by atoms with Gasteiger partial charge < -0.3 is 10.1 Å². The number of carbonyl (C=O) groups is 1. The lowest BCUT2D eigenvalue weighted by molar-refractivity contribution is -0.384. The van der Waals surface area contributed by atoms with E-state index in [1.165, 1.54) is 24.3 Å². The standard InChI is InChI=1S/C15H12ClN3O6/c1-2-25-10-4-6-13(14(8-10)19(23)24)17-15(20)11-5-3-9(18(21)22)7-12(11)16/h3-8H,2H2,1H3,(H,17,20). The van der Waals surface area contributed by atoms with Crippen LogP contribution in [-0.4, -0.2) is 22.4 Å². The van der Waals surface area contributed by atoms with E-state index in [-0.39, 0.29) is 27.6 Å². The number of ether oxygens (including phenoxy) is 1. The van der Waals surface area contributed by atoms with E-state index >= 15 is 0 Å². The van der Waals surface area contributed by atoms with Crippen LogP contribution >= 0.6 is 11.6 Å². The fourth-order valence-corrected chi connectivity index (χ4v) is 2.28. The number of carbonyl (C=O) groups excluding carboxylic acids is 1. The first-order chi connectivity index (χ1) is 11.8. The zero-order chi connectivity index (χ0) is 18.6. The Balaban J connectivity index is 2.31. The van der Waals surface area contributed by atoms with E-state index in [0.717, 1.165) is 12.1 Å². The normalized spacial score (nSPS) is 10.2. The number of nitrogens with zero attached hydrogens (tertiary/aromatic N) is 2. The lowest BCUT2D eigenvalue weighted by Crippen LogP contribution is -2.14. The van der Waals surface area contributed by atoms with Crippen molar-refractivity contribution in [2.75, 3.05) is 11.9 Å². The van der Waals surface area contributed by atoms with Gasteiger partial charge in [-0.2, -0.15) is 0 Å². The molecule has 0 aromatic heterocycles. The first kappa shape index (κ1) is 18.1. The average molecular weight is 366 g/mol. The molecular formula is C15H12ClN3O6. The van der Waals surface area contributed by atoms with Gasteiger partial charge in [-0.3, -0.25) is 25.0 Å². The summed E-state index contributed by atoms with van der Waals surface area (Å²) in [6.07, 6.45) is 0. The molecule has 0 unspecified atom stereocenters. The first-order valence-electron chi connectivity index (χ1n) is 7.00. The molecule has 10 heteroatoms. The number of nitro groups is 2. The number of nitro benzene ring substituents is 2. The van der Waals surface area contributed by atoms with Gasteiger partial charge in [-0.05, 0) is 25.1 Å². The Bertz CT molecular complexity index is 855. The fourth-order valence-electron chi connectivity index (χ4n) is 2.02.